The number of ketones is 2. The molecule has 0 bridgehead atoms. The molecule has 4 aromatic rings. The molecular weight excluding hydrogens is 528 g/mol. The van der Waals surface area contributed by atoms with Gasteiger partial charge in [-0.2, -0.15) is 0 Å². The maximum Gasteiger partial charge on any atom is 0.343 e. The number of benzene rings is 4. The molecule has 6 nitrogen and oxygen atoms in total. The average molecular weight is 555 g/mol. The average Bonchev–Trinajstić information content (AvgIpc) is 3.00. The van der Waals surface area contributed by atoms with Crippen LogP contribution in [0.1, 0.15) is 44.3 Å². The van der Waals surface area contributed by atoms with Gasteiger partial charge in [0.1, 0.15) is 0 Å². The van der Waals surface area contributed by atoms with Crippen LogP contribution in [0.25, 0.3) is 22.7 Å². The van der Waals surface area contributed by atoms with E-state index in [1.165, 1.54) is 0 Å². The molecule has 0 aliphatic heterocycles. The number of rotatable bonds is 5. The number of esters is 2. The van der Waals surface area contributed by atoms with Crippen molar-refractivity contribution in [3.05, 3.63) is 140 Å². The lowest BCUT2D eigenvalue weighted by Gasteiger charge is -2.23. The summed E-state index contributed by atoms with van der Waals surface area (Å²) < 4.78 is 11.6. The lowest BCUT2D eigenvalue weighted by molar-refractivity contribution is -0.112. The summed E-state index contributed by atoms with van der Waals surface area (Å²) in [6.07, 6.45) is 0.661. The van der Waals surface area contributed by atoms with Crippen molar-refractivity contribution in [3.8, 4) is 0 Å². The first-order chi connectivity index (χ1) is 20.3. The zero-order valence-corrected chi connectivity index (χ0v) is 23.3. The molecule has 0 unspecified atom stereocenters. The van der Waals surface area contributed by atoms with Gasteiger partial charge in [0.15, 0.2) is 11.5 Å². The van der Waals surface area contributed by atoms with E-state index < -0.39 is 23.5 Å². The minimum atomic E-state index is -0.668. The molecule has 4 aromatic carbocycles. The van der Waals surface area contributed by atoms with Gasteiger partial charge in [-0.25, -0.2) is 9.59 Å². The van der Waals surface area contributed by atoms with Crippen molar-refractivity contribution in [2.75, 3.05) is 0 Å². The number of carbonyl (C=O) groups excluding carboxylic acids is 4. The zero-order valence-electron chi connectivity index (χ0n) is 23.3. The van der Waals surface area contributed by atoms with Gasteiger partial charge in [-0.15, -0.1) is 0 Å². The summed E-state index contributed by atoms with van der Waals surface area (Å²) in [7, 11) is 0. The van der Waals surface area contributed by atoms with Crippen LogP contribution in [0.5, 0.6) is 0 Å². The first-order valence-corrected chi connectivity index (χ1v) is 13.7. The monoisotopic (exact) mass is 554 g/mol. The van der Waals surface area contributed by atoms with E-state index in [0.29, 0.717) is 49.5 Å². The van der Waals surface area contributed by atoms with Crippen molar-refractivity contribution in [2.24, 2.45) is 0 Å². The summed E-state index contributed by atoms with van der Waals surface area (Å²) >= 11 is 0. The third-order valence-electron chi connectivity index (χ3n) is 7.68. The maximum absolute atomic E-state index is 14.2. The highest BCUT2D eigenvalue weighted by Crippen LogP contribution is 2.27. The van der Waals surface area contributed by atoms with E-state index in [9.17, 15) is 19.2 Å². The minimum absolute atomic E-state index is 0.107. The van der Waals surface area contributed by atoms with E-state index in [-0.39, 0.29) is 22.7 Å². The summed E-state index contributed by atoms with van der Waals surface area (Å²) in [5, 5.41) is 1.50. The van der Waals surface area contributed by atoms with Crippen LogP contribution in [0.4, 0.5) is 0 Å². The highest BCUT2D eigenvalue weighted by Gasteiger charge is 2.37. The molecule has 2 aliphatic carbocycles. The Labute approximate surface area is 241 Å². The van der Waals surface area contributed by atoms with Gasteiger partial charge in [0.2, 0.25) is 11.6 Å². The Hall–Kier alpha value is -5.36. The summed E-state index contributed by atoms with van der Waals surface area (Å²) in [5.41, 5.74) is 3.21. The molecule has 0 aromatic heterocycles. The van der Waals surface area contributed by atoms with Crippen LogP contribution in [-0.2, 0) is 25.5 Å². The topological polar surface area (TPSA) is 86.7 Å². The smallest absolute Gasteiger partial charge is 0.343 e. The molecule has 0 heterocycles. The van der Waals surface area contributed by atoms with Gasteiger partial charge < -0.3 is 9.47 Å². The molecular formula is C36H26O6. The zero-order chi connectivity index (χ0) is 29.5. The minimum Gasteiger partial charge on any atom is -0.418 e. The summed E-state index contributed by atoms with van der Waals surface area (Å²) in [5.74, 6) is -2.81. The van der Waals surface area contributed by atoms with Crippen molar-refractivity contribution in [3.63, 3.8) is 0 Å². The van der Waals surface area contributed by atoms with E-state index in [1.54, 1.807) is 86.6 Å². The number of Topliss-reactive ketones (excluding diaryl/α,β-unsaturated/α-hetero) is 2. The number of fused-ring (bicyclic) bond motifs is 3. The highest BCUT2D eigenvalue weighted by atomic mass is 16.5. The number of hydrogen-bond acceptors (Lipinski definition) is 6. The van der Waals surface area contributed by atoms with Crippen molar-refractivity contribution in [1.29, 1.82) is 0 Å². The van der Waals surface area contributed by atoms with E-state index in [1.807, 2.05) is 25.1 Å². The summed E-state index contributed by atoms with van der Waals surface area (Å²) in [6, 6.07) is 26.1. The van der Waals surface area contributed by atoms with Gasteiger partial charge in [0.05, 0.1) is 11.1 Å². The SMILES string of the molecule is CCc1ccc2c(c1)=C(OC(=O)c1ccccc1C)C(=O)C1=c3ccccc3=C(OC(=O)c3ccccc3C)C(=O)C=21. The fourth-order valence-corrected chi connectivity index (χ4v) is 5.43. The Balaban J connectivity index is 1.61. The molecule has 2 aliphatic rings. The second kappa shape index (κ2) is 10.6. The predicted molar refractivity (Wildman–Crippen MR) is 158 cm³/mol. The number of ether oxygens (including phenoxy) is 2. The largest absolute Gasteiger partial charge is 0.418 e. The second-order valence-electron chi connectivity index (χ2n) is 10.3. The first-order valence-electron chi connectivity index (χ1n) is 13.7. The Kier molecular flexibility index (Phi) is 6.75. The first kappa shape index (κ1) is 26.8. The fourth-order valence-electron chi connectivity index (χ4n) is 5.43. The van der Waals surface area contributed by atoms with Crippen LogP contribution in [-0.4, -0.2) is 23.5 Å². The van der Waals surface area contributed by atoms with Crippen molar-refractivity contribution >= 4 is 46.2 Å². The standard InChI is InChI=1S/C36H26O6/c1-4-22-17-18-26-28(19-22)34(42-36(40)24-14-8-6-12-21(24)3)32(38)29-25-15-9-10-16-27(25)33(31(37)30(26)29)41-35(39)23-13-7-5-11-20(23)2/h5-19H,4H2,1-3H3. The molecule has 42 heavy (non-hydrogen) atoms. The lowest BCUT2D eigenvalue weighted by Crippen LogP contribution is -2.48. The van der Waals surface area contributed by atoms with Crippen LogP contribution in [0.15, 0.2) is 91.0 Å². The quantitative estimate of drug-likeness (QED) is 0.353. The van der Waals surface area contributed by atoms with Gasteiger partial charge in [-0.1, -0.05) is 79.7 Å². The Bertz CT molecular complexity index is 2120. The maximum atomic E-state index is 14.2. The van der Waals surface area contributed by atoms with Gasteiger partial charge in [0, 0.05) is 21.6 Å². The van der Waals surface area contributed by atoms with E-state index in [4.69, 9.17) is 9.47 Å². The molecule has 0 saturated heterocycles. The third kappa shape index (κ3) is 4.38. The number of aryl methyl sites for hydroxylation is 3. The molecule has 0 amide bonds. The van der Waals surface area contributed by atoms with E-state index in [2.05, 4.69) is 0 Å². The molecule has 6 heteroatoms. The summed E-state index contributed by atoms with van der Waals surface area (Å²) in [4.78, 5) is 55.0. The van der Waals surface area contributed by atoms with Crippen LogP contribution >= 0.6 is 0 Å². The van der Waals surface area contributed by atoms with Crippen molar-refractivity contribution in [2.45, 2.75) is 27.2 Å². The van der Waals surface area contributed by atoms with Gasteiger partial charge in [-0.3, -0.25) is 9.59 Å². The third-order valence-corrected chi connectivity index (χ3v) is 7.68. The van der Waals surface area contributed by atoms with E-state index in [0.717, 1.165) is 5.56 Å². The Morgan fingerprint density at radius 1 is 0.571 bits per heavy atom. The Morgan fingerprint density at radius 2 is 1.02 bits per heavy atom. The van der Waals surface area contributed by atoms with Gasteiger partial charge >= 0.3 is 11.9 Å². The van der Waals surface area contributed by atoms with Crippen LogP contribution in [0.3, 0.4) is 0 Å². The fraction of sp³-hybridized carbons (Fsp3) is 0.111. The summed E-state index contributed by atoms with van der Waals surface area (Å²) in [6.45, 7) is 5.55. The Morgan fingerprint density at radius 3 is 1.55 bits per heavy atom. The highest BCUT2D eigenvalue weighted by molar-refractivity contribution is 6.58. The molecule has 0 saturated carbocycles. The van der Waals surface area contributed by atoms with Crippen molar-refractivity contribution in [1.82, 2.24) is 0 Å². The lowest BCUT2D eigenvalue weighted by atomic mass is 9.83. The molecule has 206 valence electrons. The predicted octanol–water partition coefficient (Wildman–Crippen LogP) is 2.96. The normalized spacial score (nSPS) is 13.8. The van der Waals surface area contributed by atoms with Crippen LogP contribution in [0.2, 0.25) is 0 Å². The second-order valence-corrected chi connectivity index (χ2v) is 10.3. The van der Waals surface area contributed by atoms with E-state index >= 15 is 0 Å². The molecule has 0 atom stereocenters. The number of hydrogen-bond donors (Lipinski definition) is 0. The molecule has 0 radical (unpaired) electrons. The molecule has 0 spiro atoms. The molecule has 0 N–H and O–H groups in total. The van der Waals surface area contributed by atoms with Gasteiger partial charge in [-0.05, 0) is 65.6 Å². The molecule has 6 rings (SSSR count). The van der Waals surface area contributed by atoms with Gasteiger partial charge in [0.25, 0.3) is 0 Å². The van der Waals surface area contributed by atoms with Crippen molar-refractivity contribution < 1.29 is 28.7 Å². The molecule has 0 fully saturated rings. The number of carbonyl (C=O) groups is 4. The van der Waals surface area contributed by atoms with Crippen LogP contribution in [0, 0.1) is 13.8 Å². The van der Waals surface area contributed by atoms with Crippen LogP contribution < -0.4 is 20.9 Å².